The molecule has 0 spiro atoms. The largest absolute Gasteiger partial charge is 0.491 e. The van der Waals surface area contributed by atoms with Crippen LogP contribution in [-0.4, -0.2) is 17.4 Å². The van der Waals surface area contributed by atoms with Crippen LogP contribution in [0.25, 0.3) is 0 Å². The molecule has 19 heavy (non-hydrogen) atoms. The predicted octanol–water partition coefficient (Wildman–Crippen LogP) is 2.37. The highest BCUT2D eigenvalue weighted by molar-refractivity contribution is 7.80. The number of benzene rings is 1. The van der Waals surface area contributed by atoms with Crippen molar-refractivity contribution in [2.45, 2.75) is 26.4 Å². The summed E-state index contributed by atoms with van der Waals surface area (Å²) in [5.41, 5.74) is 9.82. The fourth-order valence-electron chi connectivity index (χ4n) is 1.53. The van der Waals surface area contributed by atoms with Crippen LogP contribution in [0.2, 0.25) is 0 Å². The molecule has 3 N–H and O–H groups in total. The van der Waals surface area contributed by atoms with Crippen molar-refractivity contribution in [2.75, 3.05) is 0 Å². The molecule has 0 saturated carbocycles. The van der Waals surface area contributed by atoms with Gasteiger partial charge in [-0.2, -0.15) is 5.10 Å². The Morgan fingerprint density at radius 2 is 2.32 bits per heavy atom. The van der Waals surface area contributed by atoms with Crippen molar-refractivity contribution in [3.8, 4) is 5.75 Å². The minimum Gasteiger partial charge on any atom is -0.491 e. The quantitative estimate of drug-likeness (QED) is 0.363. The van der Waals surface area contributed by atoms with E-state index in [0.717, 1.165) is 23.3 Å². The molecule has 102 valence electrons. The molecule has 0 aromatic heterocycles. The number of nitrogens with two attached hydrogens (primary N) is 1. The van der Waals surface area contributed by atoms with E-state index in [9.17, 15) is 0 Å². The van der Waals surface area contributed by atoms with Crippen LogP contribution < -0.4 is 15.9 Å². The summed E-state index contributed by atoms with van der Waals surface area (Å²) in [6.07, 6.45) is 4.38. The topological polar surface area (TPSA) is 59.6 Å². The van der Waals surface area contributed by atoms with Gasteiger partial charge in [-0.05, 0) is 61.8 Å². The van der Waals surface area contributed by atoms with Gasteiger partial charge in [-0.15, -0.1) is 6.58 Å². The van der Waals surface area contributed by atoms with Gasteiger partial charge in [0.05, 0.1) is 12.3 Å². The SMILES string of the molecule is C=CCc1cc(C=NNC(N)=S)ccc1OC(C)C. The number of hydrogen-bond acceptors (Lipinski definition) is 3. The van der Waals surface area contributed by atoms with Gasteiger partial charge in [0.2, 0.25) is 0 Å². The third-order valence-corrected chi connectivity index (χ3v) is 2.29. The zero-order chi connectivity index (χ0) is 14.3. The second kappa shape index (κ2) is 7.53. The van der Waals surface area contributed by atoms with Crippen LogP contribution in [0.3, 0.4) is 0 Å². The average molecular weight is 277 g/mol. The van der Waals surface area contributed by atoms with Gasteiger partial charge in [-0.3, -0.25) is 5.43 Å². The normalized spacial score (nSPS) is 10.7. The Hall–Kier alpha value is -1.88. The summed E-state index contributed by atoms with van der Waals surface area (Å²) in [7, 11) is 0. The van der Waals surface area contributed by atoms with E-state index in [1.54, 1.807) is 6.21 Å². The molecule has 0 unspecified atom stereocenters. The van der Waals surface area contributed by atoms with Crippen LogP contribution in [0.5, 0.6) is 5.75 Å². The maximum absolute atomic E-state index is 5.75. The fourth-order valence-corrected chi connectivity index (χ4v) is 1.59. The smallest absolute Gasteiger partial charge is 0.184 e. The lowest BCUT2D eigenvalue weighted by atomic mass is 10.1. The molecule has 0 aliphatic heterocycles. The fraction of sp³-hybridized carbons (Fsp3) is 0.286. The maximum Gasteiger partial charge on any atom is 0.184 e. The highest BCUT2D eigenvalue weighted by Gasteiger charge is 2.05. The first-order chi connectivity index (χ1) is 9.02. The summed E-state index contributed by atoms with van der Waals surface area (Å²) in [4.78, 5) is 0. The van der Waals surface area contributed by atoms with Gasteiger partial charge in [0, 0.05) is 0 Å². The van der Waals surface area contributed by atoms with Crippen molar-refractivity contribution in [3.63, 3.8) is 0 Å². The van der Waals surface area contributed by atoms with Gasteiger partial charge >= 0.3 is 0 Å². The van der Waals surface area contributed by atoms with Crippen molar-refractivity contribution in [3.05, 3.63) is 42.0 Å². The van der Waals surface area contributed by atoms with Gasteiger partial charge in [-0.1, -0.05) is 6.08 Å². The molecular formula is C14H19N3OS. The minimum absolute atomic E-state index is 0.138. The lowest BCUT2D eigenvalue weighted by Crippen LogP contribution is -2.24. The molecule has 0 atom stereocenters. The first-order valence-corrected chi connectivity index (χ1v) is 6.42. The Balaban J connectivity index is 2.91. The third kappa shape index (κ3) is 5.52. The van der Waals surface area contributed by atoms with E-state index in [4.69, 9.17) is 10.5 Å². The Kier molecular flexibility index (Phi) is 6.02. The van der Waals surface area contributed by atoms with Crippen molar-refractivity contribution < 1.29 is 4.74 Å². The monoisotopic (exact) mass is 277 g/mol. The highest BCUT2D eigenvalue weighted by Crippen LogP contribution is 2.21. The number of hydrazone groups is 1. The van der Waals surface area contributed by atoms with Gasteiger partial charge in [0.25, 0.3) is 0 Å². The molecule has 0 heterocycles. The molecule has 0 saturated heterocycles. The van der Waals surface area contributed by atoms with E-state index < -0.39 is 0 Å². The Labute approximate surface area is 119 Å². The highest BCUT2D eigenvalue weighted by atomic mass is 32.1. The molecule has 0 radical (unpaired) electrons. The average Bonchev–Trinajstić information content (AvgIpc) is 2.31. The van der Waals surface area contributed by atoms with Gasteiger partial charge in [-0.25, -0.2) is 0 Å². The van der Waals surface area contributed by atoms with E-state index in [1.807, 2.05) is 38.1 Å². The summed E-state index contributed by atoms with van der Waals surface area (Å²) in [6.45, 7) is 7.75. The van der Waals surface area contributed by atoms with Gasteiger partial charge < -0.3 is 10.5 Å². The number of nitrogens with zero attached hydrogens (tertiary/aromatic N) is 1. The van der Waals surface area contributed by atoms with Crippen LogP contribution in [0.4, 0.5) is 0 Å². The van der Waals surface area contributed by atoms with E-state index in [2.05, 4.69) is 29.3 Å². The number of rotatable bonds is 6. The summed E-state index contributed by atoms with van der Waals surface area (Å²) in [6, 6.07) is 5.86. The molecule has 0 bridgehead atoms. The van der Waals surface area contributed by atoms with Gasteiger partial charge in [0.15, 0.2) is 5.11 Å². The lowest BCUT2D eigenvalue weighted by molar-refractivity contribution is 0.240. The number of ether oxygens (including phenoxy) is 1. The van der Waals surface area contributed by atoms with Crippen LogP contribution in [0.1, 0.15) is 25.0 Å². The second-order valence-corrected chi connectivity index (χ2v) is 4.70. The first kappa shape index (κ1) is 15.2. The van der Waals surface area contributed by atoms with Crippen molar-refractivity contribution in [1.29, 1.82) is 0 Å². The van der Waals surface area contributed by atoms with E-state index in [0.29, 0.717) is 0 Å². The molecule has 0 fully saturated rings. The second-order valence-electron chi connectivity index (χ2n) is 4.26. The van der Waals surface area contributed by atoms with Gasteiger partial charge in [0.1, 0.15) is 5.75 Å². The summed E-state index contributed by atoms with van der Waals surface area (Å²) < 4.78 is 5.75. The van der Waals surface area contributed by atoms with Crippen molar-refractivity contribution >= 4 is 23.5 Å². The molecule has 0 amide bonds. The predicted molar refractivity (Wildman–Crippen MR) is 83.6 cm³/mol. The number of hydrogen-bond donors (Lipinski definition) is 2. The number of allylic oxidation sites excluding steroid dienone is 1. The minimum atomic E-state index is 0.138. The van der Waals surface area contributed by atoms with Crippen LogP contribution in [0, 0.1) is 0 Å². The molecular weight excluding hydrogens is 258 g/mol. The third-order valence-electron chi connectivity index (χ3n) is 2.20. The molecule has 1 aromatic carbocycles. The summed E-state index contributed by atoms with van der Waals surface area (Å²) in [5.74, 6) is 0.870. The van der Waals surface area contributed by atoms with E-state index in [-0.39, 0.29) is 11.2 Å². The summed E-state index contributed by atoms with van der Waals surface area (Å²) >= 11 is 4.67. The van der Waals surface area contributed by atoms with Crippen LogP contribution in [0.15, 0.2) is 36.0 Å². The van der Waals surface area contributed by atoms with Crippen LogP contribution >= 0.6 is 12.2 Å². The Bertz CT molecular complexity index is 484. The zero-order valence-corrected chi connectivity index (χ0v) is 12.0. The maximum atomic E-state index is 5.75. The van der Waals surface area contributed by atoms with E-state index in [1.165, 1.54) is 0 Å². The first-order valence-electron chi connectivity index (χ1n) is 6.02. The Morgan fingerprint density at radius 3 is 2.89 bits per heavy atom. The molecule has 0 aliphatic rings. The van der Waals surface area contributed by atoms with Crippen molar-refractivity contribution in [2.24, 2.45) is 10.8 Å². The zero-order valence-electron chi connectivity index (χ0n) is 11.2. The molecule has 1 aromatic rings. The number of nitrogens with one attached hydrogen (secondary N) is 1. The van der Waals surface area contributed by atoms with E-state index >= 15 is 0 Å². The standard InChI is InChI=1S/C14H19N3OS/c1-4-5-12-8-11(9-16-17-14(15)19)6-7-13(12)18-10(2)3/h4,6-10H,1,5H2,2-3H3,(H3,15,17,19). The molecule has 1 rings (SSSR count). The molecule has 0 aliphatic carbocycles. The van der Waals surface area contributed by atoms with Crippen molar-refractivity contribution in [1.82, 2.24) is 5.43 Å². The lowest BCUT2D eigenvalue weighted by Gasteiger charge is -2.14. The Morgan fingerprint density at radius 1 is 1.58 bits per heavy atom. The van der Waals surface area contributed by atoms with Crippen LogP contribution in [-0.2, 0) is 6.42 Å². The molecule has 4 nitrogen and oxygen atoms in total. The summed E-state index contributed by atoms with van der Waals surface area (Å²) in [5, 5.41) is 4.07. The number of thiocarbonyl (C=S) groups is 1. The molecule has 5 heteroatoms.